The molecule has 0 aromatic heterocycles. The average Bonchev–Trinajstić information content (AvgIpc) is 3.25. The Balaban J connectivity index is 1.45. The summed E-state index contributed by atoms with van der Waals surface area (Å²) in [5.41, 5.74) is 1.70. The van der Waals surface area contributed by atoms with E-state index >= 15 is 0 Å². The Morgan fingerprint density at radius 1 is 1.02 bits per heavy atom. The summed E-state index contributed by atoms with van der Waals surface area (Å²) in [6.45, 7) is 1.16. The third-order valence-corrected chi connectivity index (χ3v) is 9.81. The van der Waals surface area contributed by atoms with Crippen LogP contribution in [0.15, 0.2) is 60.7 Å². The molecule has 6 rings (SSSR count). The molecule has 8 nitrogen and oxygen atoms in total. The number of hydrogen-bond donors (Lipinski definition) is 2. The maximum Gasteiger partial charge on any atom is 0.319 e. The van der Waals surface area contributed by atoms with Crippen molar-refractivity contribution in [2.75, 3.05) is 32.5 Å². The Morgan fingerprint density at radius 2 is 1.77 bits per heavy atom. The number of ether oxygens (including phenoxy) is 1. The molecule has 0 saturated carbocycles. The Morgan fingerprint density at radius 3 is 2.49 bits per heavy atom. The van der Waals surface area contributed by atoms with E-state index in [4.69, 9.17) is 27.9 Å². The number of urea groups is 1. The minimum absolute atomic E-state index is 0.0154. The van der Waals surface area contributed by atoms with E-state index in [9.17, 15) is 14.4 Å². The molecule has 43 heavy (non-hydrogen) atoms. The number of nitrogens with one attached hydrogen (secondary N) is 2. The van der Waals surface area contributed by atoms with Crippen LogP contribution in [0.4, 0.5) is 10.5 Å². The van der Waals surface area contributed by atoms with E-state index in [0.717, 1.165) is 20.3 Å². The number of amides is 4. The molecule has 3 atom stereocenters. The zero-order valence-electron chi connectivity index (χ0n) is 23.7. The predicted molar refractivity (Wildman–Crippen MR) is 175 cm³/mol. The molecule has 2 N–H and O–H groups in total. The minimum Gasteiger partial charge on any atom is -0.490 e. The van der Waals surface area contributed by atoms with Gasteiger partial charge >= 0.3 is 6.03 Å². The van der Waals surface area contributed by atoms with Gasteiger partial charge < -0.3 is 25.2 Å². The highest BCUT2D eigenvalue weighted by Crippen LogP contribution is 2.58. The zero-order chi connectivity index (χ0) is 30.5. The first-order chi connectivity index (χ1) is 20.6. The maximum absolute atomic E-state index is 14.4. The van der Waals surface area contributed by atoms with Gasteiger partial charge in [-0.15, -0.1) is 0 Å². The van der Waals surface area contributed by atoms with Crippen molar-refractivity contribution in [2.45, 2.75) is 42.7 Å². The quantitative estimate of drug-likeness (QED) is 0.306. The highest BCUT2D eigenvalue weighted by Gasteiger charge is 2.61. The number of nitrogens with zero attached hydrogens (tertiary/aromatic N) is 2. The molecular weight excluding hydrogens is 702 g/mol. The molecule has 2 fully saturated rings. The zero-order valence-corrected chi connectivity index (χ0v) is 27.4. The van der Waals surface area contributed by atoms with Crippen LogP contribution < -0.4 is 15.4 Å². The fourth-order valence-electron chi connectivity index (χ4n) is 6.75. The Kier molecular flexibility index (Phi) is 8.25. The fraction of sp³-hybridized carbons (Fsp3) is 0.344. The number of carbonyl (C=O) groups is 3. The van der Waals surface area contributed by atoms with Crippen molar-refractivity contribution in [3.8, 4) is 5.75 Å². The van der Waals surface area contributed by atoms with Crippen molar-refractivity contribution < 1.29 is 19.1 Å². The lowest BCUT2D eigenvalue weighted by molar-refractivity contribution is -0.131. The second-order valence-corrected chi connectivity index (χ2v) is 13.6. The van der Waals surface area contributed by atoms with Crippen molar-refractivity contribution in [3.63, 3.8) is 0 Å². The van der Waals surface area contributed by atoms with Crippen molar-refractivity contribution in [1.82, 2.24) is 15.1 Å². The SMILES string of the molecule is CN(C)C(=O)N1CCC(Oc2ccc(I)cc2[C@H]2NC(=O)C[C@@H](c3cccc(Cl)c3)C23C(=O)Nc2cc(Cl)ccc23)CC1. The molecule has 3 aliphatic heterocycles. The number of hydrogen-bond acceptors (Lipinski definition) is 4. The summed E-state index contributed by atoms with van der Waals surface area (Å²) in [6, 6.07) is 17.9. The van der Waals surface area contributed by atoms with Gasteiger partial charge in [0.1, 0.15) is 17.3 Å². The molecule has 3 aromatic carbocycles. The molecule has 1 unspecified atom stereocenters. The van der Waals surface area contributed by atoms with Crippen LogP contribution in [0, 0.1) is 3.57 Å². The van der Waals surface area contributed by atoms with Crippen LogP contribution in [0.3, 0.4) is 0 Å². The number of likely N-dealkylation sites (tertiary alicyclic amines) is 1. The first kappa shape index (κ1) is 30.0. The monoisotopic (exact) mass is 732 g/mol. The molecule has 11 heteroatoms. The van der Waals surface area contributed by atoms with Gasteiger partial charge in [0, 0.05) is 77.2 Å². The fourth-order valence-corrected chi connectivity index (χ4v) is 7.64. The Labute approximate surface area is 274 Å². The van der Waals surface area contributed by atoms with Crippen molar-refractivity contribution in [1.29, 1.82) is 0 Å². The summed E-state index contributed by atoms with van der Waals surface area (Å²) in [5, 5.41) is 7.31. The number of piperidine rings is 2. The predicted octanol–water partition coefficient (Wildman–Crippen LogP) is 6.36. The van der Waals surface area contributed by atoms with Gasteiger partial charge in [-0.2, -0.15) is 0 Å². The summed E-state index contributed by atoms with van der Waals surface area (Å²) >= 11 is 15.0. The first-order valence-electron chi connectivity index (χ1n) is 14.2. The van der Waals surface area contributed by atoms with Gasteiger partial charge in [0.2, 0.25) is 11.8 Å². The molecule has 0 bridgehead atoms. The lowest BCUT2D eigenvalue weighted by atomic mass is 9.59. The summed E-state index contributed by atoms with van der Waals surface area (Å²) in [7, 11) is 3.50. The topological polar surface area (TPSA) is 91.0 Å². The normalized spacial score (nSPS) is 23.5. The Hall–Kier alpha value is -3.02. The van der Waals surface area contributed by atoms with Crippen LogP contribution in [0.5, 0.6) is 5.75 Å². The summed E-state index contributed by atoms with van der Waals surface area (Å²) in [5.74, 6) is -0.306. The molecule has 224 valence electrons. The smallest absolute Gasteiger partial charge is 0.319 e. The molecular formula is C32H31Cl2IN4O4. The van der Waals surface area contributed by atoms with Gasteiger partial charge in [-0.3, -0.25) is 9.59 Å². The van der Waals surface area contributed by atoms with Crippen LogP contribution in [0.1, 0.15) is 47.9 Å². The van der Waals surface area contributed by atoms with Gasteiger partial charge in [0.05, 0.1) is 6.04 Å². The van der Waals surface area contributed by atoms with Gasteiger partial charge in [0.25, 0.3) is 0 Å². The first-order valence-corrected chi connectivity index (χ1v) is 16.0. The number of rotatable bonds is 4. The number of carbonyl (C=O) groups excluding carboxylic acids is 3. The molecule has 3 heterocycles. The molecule has 4 amide bonds. The van der Waals surface area contributed by atoms with E-state index in [1.165, 1.54) is 0 Å². The molecule has 3 aromatic rings. The van der Waals surface area contributed by atoms with Crippen molar-refractivity contribution >= 4 is 69.3 Å². The van der Waals surface area contributed by atoms with Crippen LogP contribution in [-0.2, 0) is 15.0 Å². The van der Waals surface area contributed by atoms with E-state index in [1.54, 1.807) is 37.2 Å². The lowest BCUT2D eigenvalue weighted by Gasteiger charge is -2.47. The Bertz CT molecular complexity index is 1610. The summed E-state index contributed by atoms with van der Waals surface area (Å²) in [6.07, 6.45) is 1.30. The second kappa shape index (κ2) is 11.8. The average molecular weight is 733 g/mol. The van der Waals surface area contributed by atoms with Crippen LogP contribution in [-0.4, -0.2) is 60.9 Å². The third-order valence-electron chi connectivity index (χ3n) is 8.67. The van der Waals surface area contributed by atoms with E-state index in [-0.39, 0.29) is 30.4 Å². The van der Waals surface area contributed by atoms with Gasteiger partial charge in [-0.25, -0.2) is 4.79 Å². The van der Waals surface area contributed by atoms with Crippen molar-refractivity contribution in [2.24, 2.45) is 0 Å². The second-order valence-electron chi connectivity index (χ2n) is 11.5. The van der Waals surface area contributed by atoms with E-state index in [1.807, 2.05) is 47.4 Å². The maximum atomic E-state index is 14.4. The number of benzene rings is 3. The molecule has 0 aliphatic carbocycles. The molecule has 2 saturated heterocycles. The highest BCUT2D eigenvalue weighted by atomic mass is 127. The number of halogens is 3. The number of fused-ring (bicyclic) bond motifs is 2. The van der Waals surface area contributed by atoms with Crippen LogP contribution in [0.25, 0.3) is 0 Å². The van der Waals surface area contributed by atoms with Gasteiger partial charge in [0.15, 0.2) is 0 Å². The van der Waals surface area contributed by atoms with E-state index in [0.29, 0.717) is 47.4 Å². The summed E-state index contributed by atoms with van der Waals surface area (Å²) < 4.78 is 7.58. The van der Waals surface area contributed by atoms with E-state index in [2.05, 4.69) is 33.2 Å². The van der Waals surface area contributed by atoms with E-state index < -0.39 is 17.4 Å². The largest absolute Gasteiger partial charge is 0.490 e. The highest BCUT2D eigenvalue weighted by molar-refractivity contribution is 14.1. The minimum atomic E-state index is -1.21. The lowest BCUT2D eigenvalue weighted by Crippen LogP contribution is -2.57. The molecule has 0 radical (unpaired) electrons. The van der Waals surface area contributed by atoms with Crippen LogP contribution >= 0.6 is 45.8 Å². The van der Waals surface area contributed by atoms with Gasteiger partial charge in [-0.1, -0.05) is 41.4 Å². The van der Waals surface area contributed by atoms with Crippen LogP contribution in [0.2, 0.25) is 10.0 Å². The standard InChI is InChI=1S/C32H31Cl2IN4O4/c1-38(2)31(42)39-12-10-22(11-13-39)43-27-9-7-21(35)16-23(27)29-32(24-8-6-20(34)15-26(24)36-30(32)41)25(17-28(40)37-29)18-4-3-5-19(33)14-18/h3-9,14-16,22,25,29H,10-13,17H2,1-2H3,(H,36,41)(H,37,40)/t25-,29+,32?/m0/s1. The third kappa shape index (κ3) is 5.44. The molecule has 1 spiro atoms. The van der Waals surface area contributed by atoms with Crippen molar-refractivity contribution in [3.05, 3.63) is 91.0 Å². The molecule has 3 aliphatic rings. The van der Waals surface area contributed by atoms with Gasteiger partial charge in [-0.05, 0) is 76.2 Å². The summed E-state index contributed by atoms with van der Waals surface area (Å²) in [4.78, 5) is 43.8. The number of anilines is 1.